The van der Waals surface area contributed by atoms with Crippen LogP contribution in [0.1, 0.15) is 52.7 Å². The van der Waals surface area contributed by atoms with Crippen LogP contribution in [0.15, 0.2) is 102 Å². The molecule has 0 spiro atoms. The summed E-state index contributed by atoms with van der Waals surface area (Å²) >= 11 is 0. The second kappa shape index (κ2) is 11.1. The fourth-order valence-corrected chi connectivity index (χ4v) is 5.78. The number of nitrogens with zero attached hydrogens (tertiary/aromatic N) is 4. The van der Waals surface area contributed by atoms with Gasteiger partial charge in [0.15, 0.2) is 11.2 Å². The van der Waals surface area contributed by atoms with E-state index in [1.807, 2.05) is 84.9 Å². The summed E-state index contributed by atoms with van der Waals surface area (Å²) in [5.41, 5.74) is 9.01. The Bertz CT molecular complexity index is 2120. The van der Waals surface area contributed by atoms with Gasteiger partial charge in [0.1, 0.15) is 22.5 Å². The minimum Gasteiger partial charge on any atom is -0.507 e. The van der Waals surface area contributed by atoms with Gasteiger partial charge in [0.05, 0.1) is 22.8 Å². The summed E-state index contributed by atoms with van der Waals surface area (Å²) in [6.07, 6.45) is 3.44. The molecule has 0 aliphatic heterocycles. The Morgan fingerprint density at radius 1 is 0.489 bits per heavy atom. The standard InChI is InChI=1S/C40H36N4O3/c1-39(2,3)23-19-25(29-11-7-9-17-41-29)37(45)27(21-23)31-13-15-33-35(43-31)36-34(47-33)16-14-32(44-36)28-22-24(40(4,5)6)20-26(38(28)46)30-12-8-10-18-42-30/h7-22,45-46H,1-6H3. The molecule has 5 aromatic heterocycles. The lowest BCUT2D eigenvalue weighted by Crippen LogP contribution is -2.11. The fourth-order valence-electron chi connectivity index (χ4n) is 5.78. The van der Waals surface area contributed by atoms with E-state index in [9.17, 15) is 10.2 Å². The van der Waals surface area contributed by atoms with Gasteiger partial charge in [-0.05, 0) is 94.8 Å². The van der Waals surface area contributed by atoms with Gasteiger partial charge in [-0.3, -0.25) is 9.97 Å². The molecule has 0 radical (unpaired) electrons. The van der Waals surface area contributed by atoms with Gasteiger partial charge in [0, 0.05) is 34.6 Å². The smallest absolute Gasteiger partial charge is 0.155 e. The number of phenolic OH excluding ortho intramolecular Hbond substituents is 2. The summed E-state index contributed by atoms with van der Waals surface area (Å²) in [5.74, 6) is 0.215. The van der Waals surface area contributed by atoms with Gasteiger partial charge in [-0.2, -0.15) is 0 Å². The minimum atomic E-state index is -0.188. The fraction of sp³-hybridized carbons (Fsp3) is 0.200. The van der Waals surface area contributed by atoms with E-state index in [0.717, 1.165) is 11.1 Å². The Kier molecular flexibility index (Phi) is 7.08. The second-order valence-electron chi connectivity index (χ2n) is 14.0. The summed E-state index contributed by atoms with van der Waals surface area (Å²) < 4.78 is 6.17. The van der Waals surface area contributed by atoms with E-state index in [1.54, 1.807) is 12.4 Å². The van der Waals surface area contributed by atoms with Crippen LogP contribution >= 0.6 is 0 Å². The van der Waals surface area contributed by atoms with E-state index < -0.39 is 0 Å². The van der Waals surface area contributed by atoms with Gasteiger partial charge >= 0.3 is 0 Å². The van der Waals surface area contributed by atoms with Crippen LogP contribution in [0.25, 0.3) is 67.2 Å². The first-order valence-corrected chi connectivity index (χ1v) is 15.7. The molecule has 7 rings (SSSR count). The van der Waals surface area contributed by atoms with Crippen LogP contribution in [-0.2, 0) is 10.8 Å². The van der Waals surface area contributed by atoms with Crippen molar-refractivity contribution in [3.8, 4) is 56.5 Å². The molecule has 0 aliphatic carbocycles. The average Bonchev–Trinajstić information content (AvgIpc) is 3.42. The zero-order chi connectivity index (χ0) is 33.1. The van der Waals surface area contributed by atoms with Crippen LogP contribution in [0.2, 0.25) is 0 Å². The van der Waals surface area contributed by atoms with Crippen LogP contribution in [0.3, 0.4) is 0 Å². The highest BCUT2D eigenvalue weighted by molar-refractivity contribution is 6.02. The maximum Gasteiger partial charge on any atom is 0.155 e. The van der Waals surface area contributed by atoms with Crippen molar-refractivity contribution >= 4 is 22.2 Å². The number of phenols is 2. The van der Waals surface area contributed by atoms with Crippen molar-refractivity contribution in [2.24, 2.45) is 0 Å². The minimum absolute atomic E-state index is 0.107. The number of aromatic nitrogens is 4. The van der Waals surface area contributed by atoms with E-state index in [-0.39, 0.29) is 22.3 Å². The van der Waals surface area contributed by atoms with Gasteiger partial charge in [-0.1, -0.05) is 53.7 Å². The molecule has 7 heteroatoms. The second-order valence-corrected chi connectivity index (χ2v) is 14.0. The molecule has 2 aromatic carbocycles. The lowest BCUT2D eigenvalue weighted by Gasteiger charge is -2.22. The molecule has 7 aromatic rings. The molecule has 5 heterocycles. The van der Waals surface area contributed by atoms with Crippen molar-refractivity contribution in [3.05, 3.63) is 108 Å². The Labute approximate surface area is 273 Å². The average molecular weight is 621 g/mol. The Hall–Kier alpha value is -5.56. The first-order chi connectivity index (χ1) is 22.4. The lowest BCUT2D eigenvalue weighted by atomic mass is 9.83. The van der Waals surface area contributed by atoms with Crippen LogP contribution in [0, 0.1) is 0 Å². The zero-order valence-corrected chi connectivity index (χ0v) is 27.3. The number of furan rings is 1. The van der Waals surface area contributed by atoms with Crippen molar-refractivity contribution in [1.82, 2.24) is 19.9 Å². The summed E-state index contributed by atoms with van der Waals surface area (Å²) in [6.45, 7) is 12.8. The first kappa shape index (κ1) is 30.1. The van der Waals surface area contributed by atoms with Gasteiger partial charge < -0.3 is 14.6 Å². The van der Waals surface area contributed by atoms with Crippen molar-refractivity contribution in [3.63, 3.8) is 0 Å². The number of hydrogen-bond donors (Lipinski definition) is 2. The Morgan fingerprint density at radius 2 is 0.872 bits per heavy atom. The van der Waals surface area contributed by atoms with Gasteiger partial charge in [0.25, 0.3) is 0 Å². The summed E-state index contributed by atoms with van der Waals surface area (Å²) in [6, 6.07) is 26.7. The topological polar surface area (TPSA) is 105 Å². The van der Waals surface area contributed by atoms with Crippen LogP contribution in [-0.4, -0.2) is 30.1 Å². The van der Waals surface area contributed by atoms with Crippen molar-refractivity contribution in [2.75, 3.05) is 0 Å². The van der Waals surface area contributed by atoms with Crippen molar-refractivity contribution < 1.29 is 14.6 Å². The highest BCUT2D eigenvalue weighted by Crippen LogP contribution is 2.44. The van der Waals surface area contributed by atoms with E-state index in [2.05, 4.69) is 51.5 Å². The molecular formula is C40H36N4O3. The van der Waals surface area contributed by atoms with Gasteiger partial charge in [0.2, 0.25) is 0 Å². The van der Waals surface area contributed by atoms with E-state index in [0.29, 0.717) is 67.2 Å². The maximum atomic E-state index is 11.6. The Morgan fingerprint density at radius 3 is 1.21 bits per heavy atom. The molecule has 0 saturated carbocycles. The predicted octanol–water partition coefficient (Wildman–Crippen LogP) is 9.84. The van der Waals surface area contributed by atoms with Crippen molar-refractivity contribution in [1.29, 1.82) is 0 Å². The summed E-state index contributed by atoms with van der Waals surface area (Å²) in [5, 5.41) is 23.2. The molecule has 0 fully saturated rings. The van der Waals surface area contributed by atoms with Crippen LogP contribution in [0.5, 0.6) is 11.5 Å². The molecule has 0 unspecified atom stereocenters. The monoisotopic (exact) mass is 620 g/mol. The Balaban J connectivity index is 1.42. The third kappa shape index (κ3) is 5.48. The number of hydrogen-bond acceptors (Lipinski definition) is 7. The number of fused-ring (bicyclic) bond motifs is 3. The molecule has 2 N–H and O–H groups in total. The number of rotatable bonds is 4. The first-order valence-electron chi connectivity index (χ1n) is 15.7. The highest BCUT2D eigenvalue weighted by Gasteiger charge is 2.24. The molecule has 0 atom stereocenters. The lowest BCUT2D eigenvalue weighted by molar-refractivity contribution is 0.477. The van der Waals surface area contributed by atoms with Crippen LogP contribution in [0.4, 0.5) is 0 Å². The third-order valence-corrected chi connectivity index (χ3v) is 8.55. The predicted molar refractivity (Wildman–Crippen MR) is 187 cm³/mol. The van der Waals surface area contributed by atoms with Gasteiger partial charge in [-0.15, -0.1) is 0 Å². The molecule has 47 heavy (non-hydrogen) atoms. The quantitative estimate of drug-likeness (QED) is 0.202. The van der Waals surface area contributed by atoms with E-state index >= 15 is 0 Å². The van der Waals surface area contributed by atoms with Gasteiger partial charge in [-0.25, -0.2) is 9.97 Å². The maximum absolute atomic E-state index is 11.6. The molecule has 0 aliphatic rings. The number of benzene rings is 2. The number of pyridine rings is 4. The molecular weight excluding hydrogens is 584 g/mol. The van der Waals surface area contributed by atoms with Crippen LogP contribution < -0.4 is 0 Å². The molecule has 234 valence electrons. The molecule has 0 saturated heterocycles. The number of aromatic hydroxyl groups is 2. The molecule has 0 amide bonds. The SMILES string of the molecule is CC(C)(C)c1cc(-c2ccccn2)c(O)c(-c2ccc3oc4ccc(-c5cc(C(C)(C)C)cc(-c6ccccn6)c5O)nc4c3n2)c1. The summed E-state index contributed by atoms with van der Waals surface area (Å²) in [4.78, 5) is 19.1. The van der Waals surface area contributed by atoms with E-state index in [4.69, 9.17) is 14.4 Å². The molecule has 0 bridgehead atoms. The normalized spacial score (nSPS) is 12.2. The highest BCUT2D eigenvalue weighted by atomic mass is 16.3. The van der Waals surface area contributed by atoms with Crippen molar-refractivity contribution in [2.45, 2.75) is 52.4 Å². The molecule has 7 nitrogen and oxygen atoms in total. The third-order valence-electron chi connectivity index (χ3n) is 8.55. The summed E-state index contributed by atoms with van der Waals surface area (Å²) in [7, 11) is 0. The van der Waals surface area contributed by atoms with E-state index in [1.165, 1.54) is 0 Å². The largest absolute Gasteiger partial charge is 0.507 e. The zero-order valence-electron chi connectivity index (χ0n) is 27.3.